The first kappa shape index (κ1) is 18.4. The van der Waals surface area contributed by atoms with Gasteiger partial charge < -0.3 is 15.5 Å². The molecule has 0 unspecified atom stereocenters. The van der Waals surface area contributed by atoms with Crippen molar-refractivity contribution in [3.05, 3.63) is 53.8 Å². The minimum Gasteiger partial charge on any atom is -0.507 e. The molecule has 0 aliphatic rings. The summed E-state index contributed by atoms with van der Waals surface area (Å²) < 4.78 is 41.0. The zero-order valence-corrected chi connectivity index (χ0v) is 13.3. The van der Waals surface area contributed by atoms with Crippen LogP contribution >= 0.6 is 0 Å². The van der Waals surface area contributed by atoms with Crippen LogP contribution in [0.1, 0.15) is 10.4 Å². The van der Waals surface area contributed by atoms with E-state index in [4.69, 9.17) is 5.11 Å². The Morgan fingerprint density at radius 3 is 2.32 bits per heavy atom. The Labute approximate surface area is 141 Å². The zero-order valence-electron chi connectivity index (χ0n) is 12.5. The summed E-state index contributed by atoms with van der Waals surface area (Å²) in [7, 11) is -4.25. The third kappa shape index (κ3) is 4.75. The molecule has 0 saturated carbocycles. The number of carboxylic acids is 1. The van der Waals surface area contributed by atoms with Crippen LogP contribution in [0.3, 0.4) is 0 Å². The number of amides is 1. The van der Waals surface area contributed by atoms with Gasteiger partial charge in [-0.3, -0.25) is 8.98 Å². The molecule has 0 radical (unpaired) electrons. The van der Waals surface area contributed by atoms with Crippen molar-refractivity contribution in [2.75, 3.05) is 11.9 Å². The second-order valence-electron chi connectivity index (χ2n) is 4.76. The van der Waals surface area contributed by atoms with Gasteiger partial charge in [0.25, 0.3) is 16.0 Å². The van der Waals surface area contributed by atoms with Gasteiger partial charge in [0, 0.05) is 11.8 Å². The standard InChI is InChI=1S/C15H12FNO7S/c16-9-1-4-11(5-2-9)25(22,23)24-8-14(19)17-10-3-6-12(15(20)21)13(18)7-10/h1-7,18H,8H2,(H,17,19)(H,20,21). The highest BCUT2D eigenvalue weighted by atomic mass is 32.2. The number of benzene rings is 2. The largest absolute Gasteiger partial charge is 0.507 e. The van der Waals surface area contributed by atoms with E-state index in [1.165, 1.54) is 6.07 Å². The van der Waals surface area contributed by atoms with Crippen molar-refractivity contribution in [2.45, 2.75) is 4.90 Å². The second kappa shape index (κ2) is 7.28. The van der Waals surface area contributed by atoms with Crippen LogP contribution in [0.2, 0.25) is 0 Å². The van der Waals surface area contributed by atoms with Gasteiger partial charge in [-0.15, -0.1) is 0 Å². The highest BCUT2D eigenvalue weighted by Crippen LogP contribution is 2.22. The van der Waals surface area contributed by atoms with E-state index in [1.54, 1.807) is 0 Å². The van der Waals surface area contributed by atoms with E-state index in [0.717, 1.165) is 36.4 Å². The van der Waals surface area contributed by atoms with Crippen LogP contribution in [-0.2, 0) is 19.1 Å². The van der Waals surface area contributed by atoms with Crippen molar-refractivity contribution < 1.29 is 36.8 Å². The Morgan fingerprint density at radius 2 is 1.76 bits per heavy atom. The van der Waals surface area contributed by atoms with Gasteiger partial charge in [-0.25, -0.2) is 9.18 Å². The molecule has 2 aromatic rings. The molecule has 2 aromatic carbocycles. The lowest BCUT2D eigenvalue weighted by molar-refractivity contribution is -0.118. The molecule has 8 nitrogen and oxygen atoms in total. The second-order valence-corrected chi connectivity index (χ2v) is 6.37. The number of carboxylic acid groups (broad SMARTS) is 1. The normalized spacial score (nSPS) is 11.1. The van der Waals surface area contributed by atoms with Gasteiger partial charge in [-0.1, -0.05) is 0 Å². The molecule has 0 saturated heterocycles. The molecule has 0 heterocycles. The van der Waals surface area contributed by atoms with Gasteiger partial charge >= 0.3 is 5.97 Å². The number of hydrogen-bond acceptors (Lipinski definition) is 6. The van der Waals surface area contributed by atoms with E-state index in [-0.39, 0.29) is 16.1 Å². The van der Waals surface area contributed by atoms with Crippen LogP contribution in [0.5, 0.6) is 5.75 Å². The zero-order chi connectivity index (χ0) is 18.6. The number of aromatic carboxylic acids is 1. The number of aromatic hydroxyl groups is 1. The fraction of sp³-hybridized carbons (Fsp3) is 0.0667. The number of hydrogen-bond donors (Lipinski definition) is 3. The minimum absolute atomic E-state index is 0.0512. The summed E-state index contributed by atoms with van der Waals surface area (Å²) in [6, 6.07) is 7.14. The molecule has 132 valence electrons. The molecule has 0 fully saturated rings. The van der Waals surface area contributed by atoms with E-state index in [2.05, 4.69) is 9.50 Å². The summed E-state index contributed by atoms with van der Waals surface area (Å²) >= 11 is 0. The molecule has 25 heavy (non-hydrogen) atoms. The highest BCUT2D eigenvalue weighted by Gasteiger charge is 2.18. The minimum atomic E-state index is -4.25. The first-order valence-electron chi connectivity index (χ1n) is 6.70. The summed E-state index contributed by atoms with van der Waals surface area (Å²) in [5.74, 6) is -3.39. The molecule has 3 N–H and O–H groups in total. The van der Waals surface area contributed by atoms with E-state index in [9.17, 15) is 27.5 Å². The molecule has 2 rings (SSSR count). The molecular formula is C15H12FNO7S. The van der Waals surface area contributed by atoms with Crippen LogP contribution in [0.15, 0.2) is 47.4 Å². The van der Waals surface area contributed by atoms with Gasteiger partial charge in [0.05, 0.1) is 4.90 Å². The maximum absolute atomic E-state index is 12.8. The number of nitrogens with one attached hydrogen (secondary N) is 1. The number of carbonyl (C=O) groups is 2. The van der Waals surface area contributed by atoms with E-state index in [1.807, 2.05) is 0 Å². The fourth-order valence-corrected chi connectivity index (χ4v) is 2.66. The van der Waals surface area contributed by atoms with E-state index in [0.29, 0.717) is 0 Å². The summed E-state index contributed by atoms with van der Waals surface area (Å²) in [6.45, 7) is -0.860. The smallest absolute Gasteiger partial charge is 0.339 e. The van der Waals surface area contributed by atoms with E-state index >= 15 is 0 Å². The molecule has 0 aliphatic heterocycles. The number of anilines is 1. The molecule has 1 amide bonds. The van der Waals surface area contributed by atoms with Crippen molar-refractivity contribution in [1.29, 1.82) is 0 Å². The molecule has 0 bridgehead atoms. The first-order chi connectivity index (χ1) is 11.7. The lowest BCUT2D eigenvalue weighted by Gasteiger charge is -2.08. The average molecular weight is 369 g/mol. The summed E-state index contributed by atoms with van der Waals surface area (Å²) in [4.78, 5) is 22.2. The summed E-state index contributed by atoms with van der Waals surface area (Å²) in [5.41, 5.74) is -0.302. The molecule has 0 aliphatic carbocycles. The summed E-state index contributed by atoms with van der Waals surface area (Å²) in [5, 5.41) is 20.5. The number of halogens is 1. The molecule has 0 atom stereocenters. The van der Waals surface area contributed by atoms with Crippen LogP contribution in [0.25, 0.3) is 0 Å². The first-order valence-corrected chi connectivity index (χ1v) is 8.11. The average Bonchev–Trinajstić information content (AvgIpc) is 2.53. The van der Waals surface area contributed by atoms with Crippen molar-refractivity contribution in [3.8, 4) is 5.75 Å². The van der Waals surface area contributed by atoms with Crippen molar-refractivity contribution in [3.63, 3.8) is 0 Å². The molecular weight excluding hydrogens is 357 g/mol. The van der Waals surface area contributed by atoms with Gasteiger partial charge in [0.2, 0.25) is 0 Å². The number of phenols is 1. The number of carbonyl (C=O) groups excluding carboxylic acids is 1. The summed E-state index contributed by atoms with van der Waals surface area (Å²) in [6.07, 6.45) is 0. The van der Waals surface area contributed by atoms with Crippen molar-refractivity contribution in [2.24, 2.45) is 0 Å². The Bertz CT molecular complexity index is 910. The predicted molar refractivity (Wildman–Crippen MR) is 83.2 cm³/mol. The number of rotatable bonds is 6. The quantitative estimate of drug-likeness (QED) is 0.659. The lowest BCUT2D eigenvalue weighted by atomic mass is 10.2. The van der Waals surface area contributed by atoms with Crippen LogP contribution in [0.4, 0.5) is 10.1 Å². The van der Waals surface area contributed by atoms with Gasteiger partial charge in [0.15, 0.2) is 0 Å². The van der Waals surface area contributed by atoms with E-state index < -0.39 is 40.2 Å². The predicted octanol–water partition coefficient (Wildman–Crippen LogP) is 1.57. The molecule has 0 aromatic heterocycles. The maximum Gasteiger partial charge on any atom is 0.339 e. The third-order valence-corrected chi connectivity index (χ3v) is 4.24. The monoisotopic (exact) mass is 369 g/mol. The maximum atomic E-state index is 12.8. The van der Waals surface area contributed by atoms with Crippen LogP contribution in [-0.4, -0.2) is 37.1 Å². The van der Waals surface area contributed by atoms with Crippen LogP contribution < -0.4 is 5.32 Å². The SMILES string of the molecule is O=C(COS(=O)(=O)c1ccc(F)cc1)Nc1ccc(C(=O)O)c(O)c1. The highest BCUT2D eigenvalue weighted by molar-refractivity contribution is 7.86. The Morgan fingerprint density at radius 1 is 1.12 bits per heavy atom. The third-order valence-electron chi connectivity index (χ3n) is 2.96. The van der Waals surface area contributed by atoms with Gasteiger partial charge in [0.1, 0.15) is 23.7 Å². The van der Waals surface area contributed by atoms with Crippen molar-refractivity contribution >= 4 is 27.7 Å². The van der Waals surface area contributed by atoms with Crippen molar-refractivity contribution in [1.82, 2.24) is 0 Å². The van der Waals surface area contributed by atoms with Crippen LogP contribution in [0, 0.1) is 5.82 Å². The molecule has 0 spiro atoms. The molecule has 10 heteroatoms. The van der Waals surface area contributed by atoms with Gasteiger partial charge in [-0.05, 0) is 36.4 Å². The Hall–Kier alpha value is -2.98. The fourth-order valence-electron chi connectivity index (χ4n) is 1.79. The topological polar surface area (TPSA) is 130 Å². The lowest BCUT2D eigenvalue weighted by Crippen LogP contribution is -2.21. The Kier molecular flexibility index (Phi) is 5.35. The van der Waals surface area contributed by atoms with Gasteiger partial charge in [-0.2, -0.15) is 8.42 Å². The Balaban J connectivity index is 2.00.